The van der Waals surface area contributed by atoms with Gasteiger partial charge in [-0.15, -0.1) is 0 Å². The normalized spacial score (nSPS) is 12.9. The molecule has 4 heteroatoms. The highest BCUT2D eigenvalue weighted by molar-refractivity contribution is 5.34. The Hall–Kier alpha value is -1.81. The Morgan fingerprint density at radius 3 is 2.21 bits per heavy atom. The van der Waals surface area contributed by atoms with E-state index in [1.165, 1.54) is 0 Å². The largest absolute Gasteiger partial charge is 0.393 e. The summed E-state index contributed by atoms with van der Waals surface area (Å²) in [5.41, 5.74) is 1.88. The maximum atomic E-state index is 12.2. The van der Waals surface area contributed by atoms with E-state index in [9.17, 15) is 9.90 Å². The predicted molar refractivity (Wildman–Crippen MR) is 75.8 cm³/mol. The van der Waals surface area contributed by atoms with Gasteiger partial charge in [0, 0.05) is 18.4 Å². The van der Waals surface area contributed by atoms with Crippen molar-refractivity contribution in [3.63, 3.8) is 0 Å². The van der Waals surface area contributed by atoms with E-state index in [1.807, 2.05) is 38.1 Å². The molecule has 1 atom stereocenters. The molecule has 19 heavy (non-hydrogen) atoms. The molecule has 0 aliphatic carbocycles. The molecular weight excluding hydrogens is 240 g/mol. The van der Waals surface area contributed by atoms with Crippen molar-refractivity contribution < 1.29 is 5.11 Å². The van der Waals surface area contributed by atoms with Gasteiger partial charge in [-0.05, 0) is 44.9 Å². The summed E-state index contributed by atoms with van der Waals surface area (Å²) >= 11 is 0. The Kier molecular flexibility index (Phi) is 3.90. The topological polar surface area (TPSA) is 47.2 Å². The minimum Gasteiger partial charge on any atom is -0.393 e. The summed E-state index contributed by atoms with van der Waals surface area (Å²) in [6.45, 7) is 5.73. The molecule has 0 saturated heterocycles. The number of aliphatic hydroxyl groups is 1. The number of benzene rings is 1. The molecular formula is C15H20N2O2. The molecule has 0 saturated carbocycles. The highest BCUT2D eigenvalue weighted by Crippen LogP contribution is 2.10. The third-order valence-corrected chi connectivity index (χ3v) is 3.11. The quantitative estimate of drug-likeness (QED) is 0.915. The van der Waals surface area contributed by atoms with Gasteiger partial charge in [0.25, 0.3) is 0 Å². The summed E-state index contributed by atoms with van der Waals surface area (Å²) in [5.74, 6) is 0. The Morgan fingerprint density at radius 2 is 1.74 bits per heavy atom. The van der Waals surface area contributed by atoms with Crippen LogP contribution in [0.1, 0.15) is 32.4 Å². The van der Waals surface area contributed by atoms with Crippen LogP contribution in [-0.2, 0) is 6.42 Å². The van der Waals surface area contributed by atoms with Crippen LogP contribution in [0.15, 0.2) is 41.5 Å². The zero-order chi connectivity index (χ0) is 14.0. The lowest BCUT2D eigenvalue weighted by Gasteiger charge is -2.07. The van der Waals surface area contributed by atoms with Crippen molar-refractivity contribution in [2.24, 2.45) is 0 Å². The Bertz CT molecular complexity index is 591. The van der Waals surface area contributed by atoms with Crippen LogP contribution in [0.25, 0.3) is 5.69 Å². The lowest BCUT2D eigenvalue weighted by Crippen LogP contribution is -2.24. The average Bonchev–Trinajstić information content (AvgIpc) is 2.71. The van der Waals surface area contributed by atoms with Gasteiger partial charge in [0.2, 0.25) is 0 Å². The van der Waals surface area contributed by atoms with E-state index in [0.29, 0.717) is 6.42 Å². The molecule has 2 aromatic rings. The SMILES string of the molecule is CC(O)Cc1ccc(-n2ccn(C(C)C)c2=O)cc1. The van der Waals surface area contributed by atoms with Crippen LogP contribution in [0.2, 0.25) is 0 Å². The average molecular weight is 260 g/mol. The minimum atomic E-state index is -0.351. The molecule has 1 N–H and O–H groups in total. The standard InChI is InChI=1S/C15H20N2O2/c1-11(2)16-8-9-17(15(16)19)14-6-4-13(5-7-14)10-12(3)18/h4-9,11-12,18H,10H2,1-3H3. The van der Waals surface area contributed by atoms with E-state index < -0.39 is 0 Å². The summed E-state index contributed by atoms with van der Waals surface area (Å²) in [7, 11) is 0. The smallest absolute Gasteiger partial charge is 0.332 e. The first-order valence-corrected chi connectivity index (χ1v) is 6.56. The zero-order valence-corrected chi connectivity index (χ0v) is 11.6. The molecule has 1 aromatic heterocycles. The first kappa shape index (κ1) is 13.6. The van der Waals surface area contributed by atoms with Crippen LogP contribution < -0.4 is 5.69 Å². The van der Waals surface area contributed by atoms with Crippen LogP contribution in [0.3, 0.4) is 0 Å². The van der Waals surface area contributed by atoms with Gasteiger partial charge in [0.15, 0.2) is 0 Å². The maximum absolute atomic E-state index is 12.2. The summed E-state index contributed by atoms with van der Waals surface area (Å²) in [5, 5.41) is 9.34. The zero-order valence-electron chi connectivity index (χ0n) is 11.6. The highest BCUT2D eigenvalue weighted by atomic mass is 16.3. The number of imidazole rings is 1. The first-order valence-electron chi connectivity index (χ1n) is 6.56. The second-order valence-electron chi connectivity index (χ2n) is 5.17. The van der Waals surface area contributed by atoms with Gasteiger partial charge in [0.05, 0.1) is 11.8 Å². The van der Waals surface area contributed by atoms with Gasteiger partial charge in [-0.2, -0.15) is 0 Å². The van der Waals surface area contributed by atoms with Crippen molar-refractivity contribution >= 4 is 0 Å². The van der Waals surface area contributed by atoms with E-state index >= 15 is 0 Å². The van der Waals surface area contributed by atoms with Crippen molar-refractivity contribution in [1.82, 2.24) is 9.13 Å². The number of hydrogen-bond donors (Lipinski definition) is 1. The minimum absolute atomic E-state index is 0.0294. The fraction of sp³-hybridized carbons (Fsp3) is 0.400. The van der Waals surface area contributed by atoms with Gasteiger partial charge in [-0.25, -0.2) is 4.79 Å². The predicted octanol–water partition coefficient (Wildman–Crippen LogP) is 2.14. The molecule has 0 fully saturated rings. The monoisotopic (exact) mass is 260 g/mol. The number of aliphatic hydroxyl groups excluding tert-OH is 1. The van der Waals surface area contributed by atoms with E-state index in [2.05, 4.69) is 0 Å². The van der Waals surface area contributed by atoms with Gasteiger partial charge in [0.1, 0.15) is 0 Å². The first-order chi connectivity index (χ1) is 8.99. The summed E-state index contributed by atoms with van der Waals surface area (Å²) in [6, 6.07) is 7.86. The molecule has 0 aliphatic rings. The fourth-order valence-electron chi connectivity index (χ4n) is 2.11. The molecule has 1 heterocycles. The molecule has 0 aliphatic heterocycles. The number of hydrogen-bond acceptors (Lipinski definition) is 2. The summed E-state index contributed by atoms with van der Waals surface area (Å²) in [4.78, 5) is 12.2. The van der Waals surface area contributed by atoms with Gasteiger partial charge in [-0.3, -0.25) is 9.13 Å². The third-order valence-electron chi connectivity index (χ3n) is 3.11. The van der Waals surface area contributed by atoms with Crippen LogP contribution in [-0.4, -0.2) is 20.3 Å². The van der Waals surface area contributed by atoms with E-state index in [-0.39, 0.29) is 17.8 Å². The van der Waals surface area contributed by atoms with Crippen molar-refractivity contribution in [1.29, 1.82) is 0 Å². The second-order valence-corrected chi connectivity index (χ2v) is 5.17. The van der Waals surface area contributed by atoms with E-state index in [0.717, 1.165) is 11.3 Å². The van der Waals surface area contributed by atoms with E-state index in [1.54, 1.807) is 28.5 Å². The van der Waals surface area contributed by atoms with Crippen molar-refractivity contribution in [3.8, 4) is 5.69 Å². The molecule has 2 rings (SSSR count). The van der Waals surface area contributed by atoms with Crippen LogP contribution in [0.5, 0.6) is 0 Å². The van der Waals surface area contributed by atoms with Crippen molar-refractivity contribution in [2.45, 2.75) is 39.3 Å². The molecule has 0 radical (unpaired) electrons. The Balaban J connectivity index is 2.30. The number of rotatable bonds is 4. The third kappa shape index (κ3) is 2.96. The number of nitrogens with zero attached hydrogens (tertiary/aromatic N) is 2. The maximum Gasteiger partial charge on any atom is 0.332 e. The summed E-state index contributed by atoms with van der Waals surface area (Å²) in [6.07, 6.45) is 3.86. The van der Waals surface area contributed by atoms with E-state index in [4.69, 9.17) is 0 Å². The molecule has 1 unspecified atom stereocenters. The lowest BCUT2D eigenvalue weighted by molar-refractivity contribution is 0.195. The van der Waals surface area contributed by atoms with Crippen LogP contribution >= 0.6 is 0 Å². The fourth-order valence-corrected chi connectivity index (χ4v) is 2.11. The Labute approximate surface area is 112 Å². The molecule has 1 aromatic carbocycles. The van der Waals surface area contributed by atoms with Crippen molar-refractivity contribution in [3.05, 3.63) is 52.7 Å². The van der Waals surface area contributed by atoms with Crippen LogP contribution in [0.4, 0.5) is 0 Å². The van der Waals surface area contributed by atoms with Gasteiger partial charge >= 0.3 is 5.69 Å². The number of aromatic nitrogens is 2. The summed E-state index contributed by atoms with van der Waals surface area (Å²) < 4.78 is 3.33. The molecule has 0 bridgehead atoms. The van der Waals surface area contributed by atoms with Gasteiger partial charge < -0.3 is 5.11 Å². The highest BCUT2D eigenvalue weighted by Gasteiger charge is 2.07. The molecule has 102 valence electrons. The van der Waals surface area contributed by atoms with Crippen LogP contribution in [0, 0.1) is 0 Å². The molecule has 4 nitrogen and oxygen atoms in total. The second kappa shape index (κ2) is 5.45. The van der Waals surface area contributed by atoms with Gasteiger partial charge in [-0.1, -0.05) is 12.1 Å². The molecule has 0 spiro atoms. The Morgan fingerprint density at radius 1 is 1.11 bits per heavy atom. The lowest BCUT2D eigenvalue weighted by atomic mass is 10.1. The van der Waals surface area contributed by atoms with Crippen molar-refractivity contribution in [2.75, 3.05) is 0 Å². The molecule has 0 amide bonds.